The summed E-state index contributed by atoms with van der Waals surface area (Å²) in [6, 6.07) is 0. The highest BCUT2D eigenvalue weighted by Crippen LogP contribution is 2.07. The average molecular weight is 239 g/mol. The zero-order valence-corrected chi connectivity index (χ0v) is 11.3. The second-order valence-electron chi connectivity index (χ2n) is 3.52. The van der Waals surface area contributed by atoms with Crippen molar-refractivity contribution in [3.8, 4) is 0 Å². The molecule has 1 aliphatic rings. The summed E-state index contributed by atoms with van der Waals surface area (Å²) in [7, 11) is 1.50. The van der Waals surface area contributed by atoms with Crippen LogP contribution in [0.1, 0.15) is 26.7 Å². The Balaban J connectivity index is 0. The molecule has 0 saturated carbocycles. The Hall–Kier alpha value is -1.42. The molecule has 0 amide bonds. The van der Waals surface area contributed by atoms with Crippen LogP contribution in [0.3, 0.4) is 0 Å². The van der Waals surface area contributed by atoms with Crippen LogP contribution in [0.15, 0.2) is 29.9 Å². The van der Waals surface area contributed by atoms with Crippen molar-refractivity contribution in [3.63, 3.8) is 0 Å². The summed E-state index contributed by atoms with van der Waals surface area (Å²) in [6.45, 7) is 12.9. The molecule has 2 N–H and O–H groups in total. The molecular weight excluding hydrogens is 214 g/mol. The van der Waals surface area contributed by atoms with Crippen molar-refractivity contribution in [1.82, 2.24) is 4.90 Å². The summed E-state index contributed by atoms with van der Waals surface area (Å²) in [5, 5.41) is 0. The Bertz CT molecular complexity index is 253. The number of carbonyl (C=O) groups excluding carboxylic acids is 1. The molecule has 4 heteroatoms. The normalized spacial score (nSPS) is 13.9. The van der Waals surface area contributed by atoms with Crippen LogP contribution in [-0.2, 0) is 4.79 Å². The van der Waals surface area contributed by atoms with Gasteiger partial charge >= 0.3 is 0 Å². The van der Waals surface area contributed by atoms with E-state index < -0.39 is 0 Å². The van der Waals surface area contributed by atoms with Gasteiger partial charge in [0.25, 0.3) is 0 Å². The first kappa shape index (κ1) is 18.0. The van der Waals surface area contributed by atoms with Gasteiger partial charge < -0.3 is 10.6 Å². The van der Waals surface area contributed by atoms with Gasteiger partial charge in [-0.05, 0) is 39.3 Å². The number of aliphatic imine (C=N–C) groups is 1. The van der Waals surface area contributed by atoms with Crippen LogP contribution < -0.4 is 5.73 Å². The Morgan fingerprint density at radius 3 is 2.00 bits per heavy atom. The Labute approximate surface area is 105 Å². The molecule has 17 heavy (non-hydrogen) atoms. The number of amidine groups is 1. The maximum absolute atomic E-state index is 9.41. The topological polar surface area (TPSA) is 58.7 Å². The molecule has 1 fully saturated rings. The van der Waals surface area contributed by atoms with Crippen LogP contribution in [0.4, 0.5) is 0 Å². The first-order valence-electron chi connectivity index (χ1n) is 5.70. The maximum Gasteiger partial charge on any atom is 0.145 e. The van der Waals surface area contributed by atoms with E-state index in [1.165, 1.54) is 33.0 Å². The molecule has 98 valence electrons. The van der Waals surface area contributed by atoms with Crippen LogP contribution in [0.25, 0.3) is 0 Å². The summed E-state index contributed by atoms with van der Waals surface area (Å²) in [4.78, 5) is 15.8. The molecule has 0 bridgehead atoms. The van der Waals surface area contributed by atoms with Gasteiger partial charge in [0.1, 0.15) is 12.1 Å². The number of carbonyl (C=O) groups is 1. The molecule has 0 aromatic carbocycles. The van der Waals surface area contributed by atoms with Crippen LogP contribution in [0.5, 0.6) is 0 Å². The smallest absolute Gasteiger partial charge is 0.145 e. The fourth-order valence-corrected chi connectivity index (χ4v) is 1.25. The van der Waals surface area contributed by atoms with Crippen molar-refractivity contribution < 1.29 is 4.79 Å². The van der Waals surface area contributed by atoms with E-state index in [0.29, 0.717) is 5.57 Å². The molecule has 0 radical (unpaired) electrons. The lowest BCUT2D eigenvalue weighted by molar-refractivity contribution is -0.104. The molecule has 0 aromatic heterocycles. The van der Waals surface area contributed by atoms with E-state index in [2.05, 4.69) is 28.8 Å². The van der Waals surface area contributed by atoms with Gasteiger partial charge in [0.05, 0.1) is 0 Å². The summed E-state index contributed by atoms with van der Waals surface area (Å²) in [5.41, 5.74) is 5.07. The van der Waals surface area contributed by atoms with Gasteiger partial charge in [-0.25, -0.2) is 4.99 Å². The lowest BCUT2D eigenvalue weighted by Gasteiger charge is -2.15. The fourth-order valence-electron chi connectivity index (χ4n) is 1.25. The van der Waals surface area contributed by atoms with Crippen molar-refractivity contribution in [2.45, 2.75) is 26.7 Å². The highest BCUT2D eigenvalue weighted by molar-refractivity contribution is 5.80. The molecule has 1 heterocycles. The molecule has 0 aromatic rings. The van der Waals surface area contributed by atoms with Crippen LogP contribution in [0.2, 0.25) is 0 Å². The first-order valence-corrected chi connectivity index (χ1v) is 5.70. The minimum atomic E-state index is 0.574. The molecular formula is C13H25N3O. The van der Waals surface area contributed by atoms with Crippen LogP contribution in [0, 0.1) is 0 Å². The zero-order chi connectivity index (χ0) is 13.7. The van der Waals surface area contributed by atoms with Crippen molar-refractivity contribution in [1.29, 1.82) is 0 Å². The maximum atomic E-state index is 9.41. The molecule has 0 atom stereocenters. The summed E-state index contributed by atoms with van der Waals surface area (Å²) in [6.07, 6.45) is 4.95. The van der Waals surface area contributed by atoms with E-state index >= 15 is 0 Å². The van der Waals surface area contributed by atoms with E-state index in [9.17, 15) is 4.79 Å². The minimum Gasteiger partial charge on any atom is -0.360 e. The molecule has 1 rings (SSSR count). The highest BCUT2D eigenvalue weighted by atomic mass is 16.1. The predicted octanol–water partition coefficient (Wildman–Crippen LogP) is 1.98. The van der Waals surface area contributed by atoms with Gasteiger partial charge in [-0.15, -0.1) is 0 Å². The monoisotopic (exact) mass is 239 g/mol. The van der Waals surface area contributed by atoms with E-state index in [4.69, 9.17) is 0 Å². The van der Waals surface area contributed by atoms with E-state index in [0.717, 1.165) is 12.1 Å². The lowest BCUT2D eigenvalue weighted by atomic mass is 10.4. The van der Waals surface area contributed by atoms with E-state index in [-0.39, 0.29) is 0 Å². The first-order chi connectivity index (χ1) is 8.11. The third-order valence-electron chi connectivity index (χ3n) is 2.04. The third-order valence-corrected chi connectivity index (χ3v) is 2.04. The zero-order valence-electron chi connectivity index (χ0n) is 11.3. The van der Waals surface area contributed by atoms with Crippen molar-refractivity contribution in [2.24, 2.45) is 10.7 Å². The van der Waals surface area contributed by atoms with Crippen molar-refractivity contribution >= 4 is 12.1 Å². The van der Waals surface area contributed by atoms with E-state index in [1.807, 2.05) is 6.92 Å². The Kier molecular flexibility index (Phi) is 13.4. The molecule has 1 saturated heterocycles. The quantitative estimate of drug-likeness (QED) is 0.347. The molecule has 4 nitrogen and oxygen atoms in total. The largest absolute Gasteiger partial charge is 0.360 e. The summed E-state index contributed by atoms with van der Waals surface area (Å²) >= 11 is 0. The average Bonchev–Trinajstić information content (AvgIpc) is 2.86. The number of nitrogens with two attached hydrogens (primary N) is 1. The van der Waals surface area contributed by atoms with Crippen LogP contribution in [-0.4, -0.2) is 37.2 Å². The number of allylic oxidation sites excluding steroid dienone is 1. The molecule has 0 aliphatic carbocycles. The Morgan fingerprint density at radius 1 is 1.29 bits per heavy atom. The second-order valence-corrected chi connectivity index (χ2v) is 3.52. The fraction of sp³-hybridized carbons (Fsp3) is 0.538. The predicted molar refractivity (Wildman–Crippen MR) is 75.1 cm³/mol. The Morgan fingerprint density at radius 2 is 1.71 bits per heavy atom. The summed E-state index contributed by atoms with van der Waals surface area (Å²) < 4.78 is 0. The van der Waals surface area contributed by atoms with Gasteiger partial charge in [0.2, 0.25) is 0 Å². The highest BCUT2D eigenvalue weighted by Gasteiger charge is 2.11. The summed E-state index contributed by atoms with van der Waals surface area (Å²) in [5.74, 6) is 1.10. The van der Waals surface area contributed by atoms with Gasteiger partial charge in [-0.3, -0.25) is 4.79 Å². The number of rotatable bonds is 2. The van der Waals surface area contributed by atoms with Gasteiger partial charge in [0.15, 0.2) is 0 Å². The van der Waals surface area contributed by atoms with E-state index in [1.54, 1.807) is 13.1 Å². The number of nitrogens with zero attached hydrogens (tertiary/aromatic N) is 2. The molecule has 1 aliphatic heterocycles. The van der Waals surface area contributed by atoms with Gasteiger partial charge in [-0.1, -0.05) is 13.2 Å². The molecule has 0 spiro atoms. The number of likely N-dealkylation sites (tertiary alicyclic amines) is 1. The van der Waals surface area contributed by atoms with Crippen LogP contribution >= 0.6 is 0 Å². The number of hydrogen-bond acceptors (Lipinski definition) is 3. The van der Waals surface area contributed by atoms with Gasteiger partial charge in [0, 0.05) is 19.3 Å². The van der Waals surface area contributed by atoms with Gasteiger partial charge in [-0.2, -0.15) is 0 Å². The number of hydrogen-bond donors (Lipinski definition) is 1. The minimum absolute atomic E-state index is 0.574. The standard InChI is InChI=1S/C8H14N2.C4H6O.CH5N/c1-3-9-8(2)10-6-4-5-7-10;1-4(2)3-5;1-2/h3H,1,4-7H2,2H3;3H,1H2,2H3;2H2,1H3. The van der Waals surface area contributed by atoms with Crippen molar-refractivity contribution in [2.75, 3.05) is 20.1 Å². The van der Waals surface area contributed by atoms with Crippen molar-refractivity contribution in [3.05, 3.63) is 24.9 Å². The second kappa shape index (κ2) is 12.6. The number of aldehydes is 1. The molecule has 0 unspecified atom stereocenters. The lowest BCUT2D eigenvalue weighted by Crippen LogP contribution is -2.24. The third kappa shape index (κ3) is 10.9. The SMILES string of the molecule is C=C(C)C=O.C=CN=C(C)N1CCCC1.CN.